The van der Waals surface area contributed by atoms with Crippen LogP contribution in [0.4, 0.5) is 0 Å². The fraction of sp³-hybridized carbons (Fsp3) is 0.333. The Morgan fingerprint density at radius 3 is 2.92 bits per heavy atom. The predicted molar refractivity (Wildman–Crippen MR) is 55.9 cm³/mol. The van der Waals surface area contributed by atoms with Crippen LogP contribution in [0.25, 0.3) is 0 Å². The largest absolute Gasteiger partial charge is 0.255 e. The van der Waals surface area contributed by atoms with Crippen LogP contribution < -0.4 is 10.2 Å². The molecule has 0 aromatic heterocycles. The summed E-state index contributed by atoms with van der Waals surface area (Å²) < 4.78 is 3.18. The first-order chi connectivity index (χ1) is 5.86. The van der Waals surface area contributed by atoms with Gasteiger partial charge < -0.3 is 0 Å². The van der Waals surface area contributed by atoms with E-state index in [1.54, 1.807) is 11.9 Å². The van der Waals surface area contributed by atoms with Gasteiger partial charge in [0.15, 0.2) is 0 Å². The first-order valence-electron chi connectivity index (χ1n) is 4.14. The van der Waals surface area contributed by atoms with Crippen molar-refractivity contribution in [3.05, 3.63) is 23.8 Å². The van der Waals surface area contributed by atoms with Gasteiger partial charge in [0.25, 0.3) is 0 Å². The van der Waals surface area contributed by atoms with E-state index in [0.29, 0.717) is 0 Å². The van der Waals surface area contributed by atoms with Gasteiger partial charge in [-0.05, 0) is 23.6 Å². The maximum absolute atomic E-state index is 5.59. The third-order valence-corrected chi connectivity index (χ3v) is 2.44. The second kappa shape index (κ2) is 4.58. The summed E-state index contributed by atoms with van der Waals surface area (Å²) in [5.41, 5.74) is 2.16. The highest BCUT2D eigenvalue weighted by Crippen LogP contribution is 2.25. The molecule has 1 heterocycles. The molecule has 1 aliphatic rings. The van der Waals surface area contributed by atoms with E-state index in [4.69, 9.17) is 7.85 Å². The monoisotopic (exact) mass is 177 g/mol. The number of hydrogen-bond acceptors (Lipinski definition) is 2. The zero-order valence-corrected chi connectivity index (χ0v) is 8.24. The van der Waals surface area contributed by atoms with Crippen molar-refractivity contribution in [2.45, 2.75) is 25.3 Å². The van der Waals surface area contributed by atoms with E-state index in [-0.39, 0.29) is 0 Å². The normalized spacial score (nSPS) is 13.2. The Balaban J connectivity index is 0.000000336. The molecular formula is C9H12BNS. The van der Waals surface area contributed by atoms with Crippen molar-refractivity contribution < 1.29 is 0 Å². The molecule has 0 unspecified atom stereocenters. The number of hydrogen-bond donors (Lipinski definition) is 1. The lowest BCUT2D eigenvalue weighted by atomic mass is 9.94. The van der Waals surface area contributed by atoms with Gasteiger partial charge in [-0.1, -0.05) is 31.4 Å². The Labute approximate surface area is 79.5 Å². The smallest absolute Gasteiger partial charge is 0.113 e. The lowest BCUT2D eigenvalue weighted by Crippen LogP contribution is -2.02. The lowest BCUT2D eigenvalue weighted by Gasteiger charge is -1.96. The minimum absolute atomic E-state index is 0.850. The summed E-state index contributed by atoms with van der Waals surface area (Å²) in [5.74, 6) is 0. The highest BCUT2D eigenvalue weighted by atomic mass is 32.2. The predicted octanol–water partition coefficient (Wildman–Crippen LogP) is 1.62. The van der Waals surface area contributed by atoms with Crippen LogP contribution in [0.2, 0.25) is 0 Å². The van der Waals surface area contributed by atoms with Gasteiger partial charge in [-0.3, -0.25) is 4.72 Å². The lowest BCUT2D eigenvalue weighted by molar-refractivity contribution is 0.996. The van der Waals surface area contributed by atoms with Crippen molar-refractivity contribution >= 4 is 25.3 Å². The summed E-state index contributed by atoms with van der Waals surface area (Å²) in [6, 6.07) is 6.00. The van der Waals surface area contributed by atoms with Gasteiger partial charge in [0.2, 0.25) is 0 Å². The molecule has 0 spiro atoms. The molecule has 1 aromatic carbocycles. The summed E-state index contributed by atoms with van der Waals surface area (Å²) in [4.78, 5) is 1.30. The van der Waals surface area contributed by atoms with Crippen LogP contribution in [0.5, 0.6) is 0 Å². The van der Waals surface area contributed by atoms with E-state index in [9.17, 15) is 0 Å². The van der Waals surface area contributed by atoms with Crippen molar-refractivity contribution in [3.8, 4) is 0 Å². The van der Waals surface area contributed by atoms with Crippen molar-refractivity contribution in [1.29, 1.82) is 0 Å². The molecule has 1 aliphatic heterocycles. The van der Waals surface area contributed by atoms with E-state index in [2.05, 4.69) is 10.8 Å². The minimum Gasteiger partial charge on any atom is -0.255 e. The minimum atomic E-state index is 0.850. The summed E-state index contributed by atoms with van der Waals surface area (Å²) in [5, 5.41) is 0. The second-order valence-electron chi connectivity index (χ2n) is 2.29. The van der Waals surface area contributed by atoms with Gasteiger partial charge in [0.05, 0.1) is 0 Å². The van der Waals surface area contributed by atoms with E-state index in [1.165, 1.54) is 10.5 Å². The number of fused-ring (bicyclic) bond motifs is 1. The molecule has 0 bridgehead atoms. The molecule has 3 heteroatoms. The summed E-state index contributed by atoms with van der Waals surface area (Å²) in [7, 11) is 5.59. The van der Waals surface area contributed by atoms with Crippen LogP contribution in [-0.2, 0) is 6.54 Å². The van der Waals surface area contributed by atoms with Crippen molar-refractivity contribution in [2.75, 3.05) is 0 Å². The van der Waals surface area contributed by atoms with Crippen LogP contribution in [0.1, 0.15) is 19.4 Å². The fourth-order valence-corrected chi connectivity index (χ4v) is 1.81. The zero-order chi connectivity index (χ0) is 8.97. The van der Waals surface area contributed by atoms with Gasteiger partial charge in [-0.2, -0.15) is 0 Å². The average molecular weight is 177 g/mol. The first-order valence-corrected chi connectivity index (χ1v) is 4.96. The van der Waals surface area contributed by atoms with Crippen molar-refractivity contribution in [2.24, 2.45) is 0 Å². The van der Waals surface area contributed by atoms with Crippen LogP contribution in [0.15, 0.2) is 23.1 Å². The summed E-state index contributed by atoms with van der Waals surface area (Å²) in [6.45, 7) is 4.94. The zero-order valence-electron chi connectivity index (χ0n) is 7.42. The molecule has 0 atom stereocenters. The molecule has 2 rings (SSSR count). The van der Waals surface area contributed by atoms with E-state index in [1.807, 2.05) is 26.0 Å². The van der Waals surface area contributed by atoms with Crippen molar-refractivity contribution in [3.63, 3.8) is 0 Å². The Morgan fingerprint density at radius 1 is 1.42 bits per heavy atom. The molecule has 0 saturated carbocycles. The highest BCUT2D eigenvalue weighted by molar-refractivity contribution is 7.97. The van der Waals surface area contributed by atoms with Gasteiger partial charge in [0, 0.05) is 11.4 Å². The third-order valence-electron chi connectivity index (χ3n) is 1.53. The maximum Gasteiger partial charge on any atom is 0.113 e. The molecular weight excluding hydrogens is 165 g/mol. The topological polar surface area (TPSA) is 12.0 Å². The Bertz CT molecular complexity index is 263. The van der Waals surface area contributed by atoms with Gasteiger partial charge in [-0.25, -0.2) is 0 Å². The highest BCUT2D eigenvalue weighted by Gasteiger charge is 2.08. The van der Waals surface area contributed by atoms with E-state index < -0.39 is 0 Å². The van der Waals surface area contributed by atoms with Crippen LogP contribution >= 0.6 is 11.9 Å². The van der Waals surface area contributed by atoms with Gasteiger partial charge >= 0.3 is 0 Å². The molecule has 0 aliphatic carbocycles. The molecule has 1 aromatic rings. The molecule has 2 radical (unpaired) electrons. The third kappa shape index (κ3) is 2.05. The van der Waals surface area contributed by atoms with Crippen LogP contribution in [-0.4, -0.2) is 7.85 Å². The average Bonchev–Trinajstić information content (AvgIpc) is 2.54. The number of rotatable bonds is 0. The standard InChI is InChI=1S/C7H6BNS.C2H6/c8-6-1-2-7-5(3-6)4-9-10-7;1-2/h1-3,9H,4H2;1-2H3. The fourth-order valence-electron chi connectivity index (χ4n) is 1.03. The Kier molecular flexibility index (Phi) is 3.69. The number of benzene rings is 1. The van der Waals surface area contributed by atoms with E-state index in [0.717, 1.165) is 12.0 Å². The molecule has 1 nitrogen and oxygen atoms in total. The second-order valence-corrected chi connectivity index (χ2v) is 3.22. The first kappa shape index (κ1) is 9.68. The molecule has 12 heavy (non-hydrogen) atoms. The van der Waals surface area contributed by atoms with Crippen LogP contribution in [0, 0.1) is 0 Å². The molecule has 0 saturated heterocycles. The number of nitrogens with one attached hydrogen (secondary N) is 1. The maximum atomic E-state index is 5.59. The van der Waals surface area contributed by atoms with Crippen LogP contribution in [0.3, 0.4) is 0 Å². The molecule has 62 valence electrons. The van der Waals surface area contributed by atoms with E-state index >= 15 is 0 Å². The Hall–Kier alpha value is -0.405. The van der Waals surface area contributed by atoms with Gasteiger partial charge in [-0.15, -0.1) is 0 Å². The summed E-state index contributed by atoms with van der Waals surface area (Å²) in [6.07, 6.45) is 0. The SMILES string of the molecule is CC.[B]c1ccc2c(c1)CNS2. The Morgan fingerprint density at radius 2 is 2.17 bits per heavy atom. The quantitative estimate of drug-likeness (QED) is 0.477. The van der Waals surface area contributed by atoms with Crippen molar-refractivity contribution in [1.82, 2.24) is 4.72 Å². The summed E-state index contributed by atoms with van der Waals surface area (Å²) >= 11 is 1.67. The molecule has 1 N–H and O–H groups in total. The van der Waals surface area contributed by atoms with Gasteiger partial charge in [0.1, 0.15) is 7.85 Å². The molecule has 0 fully saturated rings. The molecule has 0 amide bonds.